The summed E-state index contributed by atoms with van der Waals surface area (Å²) in [6.07, 6.45) is 6.28. The maximum Gasteiger partial charge on any atom is 0.115 e. The number of aromatic hydroxyl groups is 1. The van der Waals surface area contributed by atoms with Gasteiger partial charge in [-0.05, 0) is 61.9 Å². The highest BCUT2D eigenvalue weighted by atomic mass is 16.3. The highest BCUT2D eigenvalue weighted by Gasteiger charge is 2.24. The lowest BCUT2D eigenvalue weighted by Crippen LogP contribution is -2.30. The number of hydrogen-bond donors (Lipinski definition) is 2. The fraction of sp³-hybridized carbons (Fsp3) is 0.389. The molecule has 0 spiro atoms. The molecule has 110 valence electrons. The lowest BCUT2D eigenvalue weighted by Gasteiger charge is -2.19. The van der Waals surface area contributed by atoms with Gasteiger partial charge in [-0.3, -0.25) is 4.98 Å². The van der Waals surface area contributed by atoms with E-state index in [-0.39, 0.29) is 0 Å². The highest BCUT2D eigenvalue weighted by molar-refractivity contribution is 5.28. The summed E-state index contributed by atoms with van der Waals surface area (Å²) >= 11 is 0. The van der Waals surface area contributed by atoms with Gasteiger partial charge in [0.2, 0.25) is 0 Å². The average Bonchev–Trinajstić information content (AvgIpc) is 2.90. The predicted octanol–water partition coefficient (Wildman–Crippen LogP) is 3.39. The summed E-state index contributed by atoms with van der Waals surface area (Å²) in [5, 5.41) is 13.0. The number of rotatable bonds is 5. The maximum absolute atomic E-state index is 9.30. The molecule has 1 aliphatic rings. The first-order valence-electron chi connectivity index (χ1n) is 7.70. The van der Waals surface area contributed by atoms with E-state index in [2.05, 4.69) is 23.3 Å². The summed E-state index contributed by atoms with van der Waals surface area (Å²) in [4.78, 5) is 4.53. The molecule has 1 aliphatic carbocycles. The van der Waals surface area contributed by atoms with Crippen molar-refractivity contribution in [3.05, 3.63) is 59.4 Å². The maximum atomic E-state index is 9.30. The van der Waals surface area contributed by atoms with Crippen LogP contribution >= 0.6 is 0 Å². The Kier molecular flexibility index (Phi) is 4.20. The van der Waals surface area contributed by atoms with Crippen LogP contribution < -0.4 is 5.32 Å². The SMILES string of the molecule is CC(CCc1ccc(O)cc1)NC1CCc2cccnc21. The van der Waals surface area contributed by atoms with E-state index in [9.17, 15) is 5.11 Å². The van der Waals surface area contributed by atoms with Crippen LogP contribution in [0.1, 0.15) is 42.6 Å². The van der Waals surface area contributed by atoms with Crippen LogP contribution in [-0.2, 0) is 12.8 Å². The van der Waals surface area contributed by atoms with E-state index >= 15 is 0 Å². The molecule has 3 rings (SSSR count). The van der Waals surface area contributed by atoms with E-state index in [4.69, 9.17) is 0 Å². The molecule has 0 saturated carbocycles. The number of phenols is 1. The topological polar surface area (TPSA) is 45.1 Å². The molecular formula is C18H22N2O. The fourth-order valence-electron chi connectivity index (χ4n) is 3.05. The summed E-state index contributed by atoms with van der Waals surface area (Å²) in [6.45, 7) is 2.24. The molecule has 0 amide bonds. The monoisotopic (exact) mass is 282 g/mol. The Morgan fingerprint density at radius 1 is 1.29 bits per heavy atom. The molecule has 3 nitrogen and oxygen atoms in total. The Hall–Kier alpha value is -1.87. The van der Waals surface area contributed by atoms with Crippen LogP contribution in [-0.4, -0.2) is 16.1 Å². The van der Waals surface area contributed by atoms with Crippen LogP contribution in [0, 0.1) is 0 Å². The van der Waals surface area contributed by atoms with Gasteiger partial charge in [-0.2, -0.15) is 0 Å². The van der Waals surface area contributed by atoms with Crippen molar-refractivity contribution in [1.29, 1.82) is 0 Å². The van der Waals surface area contributed by atoms with Crippen LogP contribution in [0.25, 0.3) is 0 Å². The number of nitrogens with one attached hydrogen (secondary N) is 1. The third kappa shape index (κ3) is 3.42. The molecule has 3 heteroatoms. The van der Waals surface area contributed by atoms with Crippen LogP contribution in [0.2, 0.25) is 0 Å². The van der Waals surface area contributed by atoms with Crippen molar-refractivity contribution in [1.82, 2.24) is 10.3 Å². The normalized spacial score (nSPS) is 18.4. The molecule has 2 aromatic rings. The summed E-state index contributed by atoms with van der Waals surface area (Å²) in [5.41, 5.74) is 3.89. The van der Waals surface area contributed by atoms with Crippen LogP contribution in [0.5, 0.6) is 5.75 Å². The summed E-state index contributed by atoms with van der Waals surface area (Å²) in [5.74, 6) is 0.332. The first-order chi connectivity index (χ1) is 10.2. The van der Waals surface area contributed by atoms with Crippen molar-refractivity contribution in [2.45, 2.75) is 44.7 Å². The number of fused-ring (bicyclic) bond motifs is 1. The molecule has 0 radical (unpaired) electrons. The second-order valence-corrected chi connectivity index (χ2v) is 5.91. The number of aromatic nitrogens is 1. The van der Waals surface area contributed by atoms with Crippen molar-refractivity contribution in [3.8, 4) is 5.75 Å². The van der Waals surface area contributed by atoms with Crippen molar-refractivity contribution in [2.75, 3.05) is 0 Å². The smallest absolute Gasteiger partial charge is 0.115 e. The van der Waals surface area contributed by atoms with Gasteiger partial charge in [-0.15, -0.1) is 0 Å². The van der Waals surface area contributed by atoms with Gasteiger partial charge in [-0.25, -0.2) is 0 Å². The zero-order valence-electron chi connectivity index (χ0n) is 12.4. The lowest BCUT2D eigenvalue weighted by atomic mass is 10.0. The predicted molar refractivity (Wildman–Crippen MR) is 84.3 cm³/mol. The standard InChI is InChI=1S/C18H22N2O/c1-13(4-5-14-6-9-16(21)10-7-14)20-17-11-8-15-3-2-12-19-18(15)17/h2-3,6-7,9-10,12-13,17,20-21H,4-5,8,11H2,1H3. The average molecular weight is 282 g/mol. The summed E-state index contributed by atoms with van der Waals surface area (Å²) < 4.78 is 0. The molecule has 0 saturated heterocycles. The van der Waals surface area contributed by atoms with E-state index in [0.29, 0.717) is 17.8 Å². The molecule has 0 bridgehead atoms. The van der Waals surface area contributed by atoms with Crippen molar-refractivity contribution < 1.29 is 5.11 Å². The number of aryl methyl sites for hydroxylation is 2. The Morgan fingerprint density at radius 2 is 2.10 bits per heavy atom. The molecular weight excluding hydrogens is 260 g/mol. The largest absolute Gasteiger partial charge is 0.508 e. The zero-order chi connectivity index (χ0) is 14.7. The van der Waals surface area contributed by atoms with E-state index in [0.717, 1.165) is 25.7 Å². The van der Waals surface area contributed by atoms with Gasteiger partial charge in [-0.1, -0.05) is 18.2 Å². The van der Waals surface area contributed by atoms with E-state index < -0.39 is 0 Å². The molecule has 1 aromatic carbocycles. The third-order valence-corrected chi connectivity index (χ3v) is 4.25. The molecule has 2 unspecified atom stereocenters. The molecule has 0 fully saturated rings. The number of hydrogen-bond acceptors (Lipinski definition) is 3. The molecule has 1 aromatic heterocycles. The Balaban J connectivity index is 1.53. The number of nitrogens with zero attached hydrogens (tertiary/aromatic N) is 1. The van der Waals surface area contributed by atoms with Crippen LogP contribution in [0.4, 0.5) is 0 Å². The number of phenolic OH excluding ortho intramolecular Hbond substituents is 1. The quantitative estimate of drug-likeness (QED) is 0.883. The van der Waals surface area contributed by atoms with Gasteiger partial charge < -0.3 is 10.4 Å². The second kappa shape index (κ2) is 6.27. The number of pyridine rings is 1. The molecule has 0 aliphatic heterocycles. The van der Waals surface area contributed by atoms with E-state index in [1.54, 1.807) is 12.1 Å². The second-order valence-electron chi connectivity index (χ2n) is 5.91. The summed E-state index contributed by atoms with van der Waals surface area (Å²) in [7, 11) is 0. The van der Waals surface area contributed by atoms with Crippen molar-refractivity contribution in [2.24, 2.45) is 0 Å². The van der Waals surface area contributed by atoms with Gasteiger partial charge in [0.1, 0.15) is 5.75 Å². The van der Waals surface area contributed by atoms with E-state index in [1.165, 1.54) is 16.8 Å². The Morgan fingerprint density at radius 3 is 2.90 bits per heavy atom. The van der Waals surface area contributed by atoms with Crippen molar-refractivity contribution in [3.63, 3.8) is 0 Å². The van der Waals surface area contributed by atoms with Gasteiger partial charge in [0.25, 0.3) is 0 Å². The first kappa shape index (κ1) is 14.1. The van der Waals surface area contributed by atoms with Gasteiger partial charge >= 0.3 is 0 Å². The van der Waals surface area contributed by atoms with E-state index in [1.807, 2.05) is 24.4 Å². The number of benzene rings is 1. The molecule has 2 N–H and O–H groups in total. The third-order valence-electron chi connectivity index (χ3n) is 4.25. The van der Waals surface area contributed by atoms with Gasteiger partial charge in [0.05, 0.1) is 11.7 Å². The first-order valence-corrected chi connectivity index (χ1v) is 7.70. The van der Waals surface area contributed by atoms with Crippen LogP contribution in [0.3, 0.4) is 0 Å². The van der Waals surface area contributed by atoms with Gasteiger partial charge in [0.15, 0.2) is 0 Å². The van der Waals surface area contributed by atoms with Gasteiger partial charge in [0, 0.05) is 12.2 Å². The highest BCUT2D eigenvalue weighted by Crippen LogP contribution is 2.29. The minimum absolute atomic E-state index is 0.332. The molecule has 2 atom stereocenters. The minimum atomic E-state index is 0.332. The lowest BCUT2D eigenvalue weighted by molar-refractivity contribution is 0.429. The van der Waals surface area contributed by atoms with Crippen LogP contribution in [0.15, 0.2) is 42.6 Å². The Bertz CT molecular complexity index is 594. The molecule has 21 heavy (non-hydrogen) atoms. The molecule has 1 heterocycles. The zero-order valence-corrected chi connectivity index (χ0v) is 12.4. The van der Waals surface area contributed by atoms with Crippen molar-refractivity contribution >= 4 is 0 Å². The summed E-state index contributed by atoms with van der Waals surface area (Å²) in [6, 6.07) is 12.6. The Labute approximate surface area is 126 Å². The fourth-order valence-corrected chi connectivity index (χ4v) is 3.05. The minimum Gasteiger partial charge on any atom is -0.508 e.